The van der Waals surface area contributed by atoms with E-state index < -0.39 is 0 Å². The van der Waals surface area contributed by atoms with Gasteiger partial charge in [0.25, 0.3) is 0 Å². The minimum atomic E-state index is 0.152. The second kappa shape index (κ2) is 7.59. The van der Waals surface area contributed by atoms with Crippen molar-refractivity contribution in [1.29, 1.82) is 5.26 Å². The first kappa shape index (κ1) is 18.4. The van der Waals surface area contributed by atoms with Crippen LogP contribution >= 0.6 is 0 Å². The van der Waals surface area contributed by atoms with E-state index in [-0.39, 0.29) is 11.8 Å². The van der Waals surface area contributed by atoms with Gasteiger partial charge in [0.05, 0.1) is 17.3 Å². The highest BCUT2D eigenvalue weighted by Crippen LogP contribution is 2.45. The second-order valence-corrected chi connectivity index (χ2v) is 8.15. The van der Waals surface area contributed by atoms with Gasteiger partial charge >= 0.3 is 0 Å². The zero-order valence-corrected chi connectivity index (χ0v) is 16.3. The molecule has 0 spiro atoms. The molecular formula is C24H25N3O. The molecule has 5 atom stereocenters. The number of benzene rings is 1. The van der Waals surface area contributed by atoms with Crippen LogP contribution in [-0.4, -0.2) is 17.4 Å². The van der Waals surface area contributed by atoms with Crippen LogP contribution in [0.3, 0.4) is 0 Å². The molecule has 1 aromatic carbocycles. The Balaban J connectivity index is 1.55. The summed E-state index contributed by atoms with van der Waals surface area (Å²) in [5.41, 5.74) is 3.40. The highest BCUT2D eigenvalue weighted by atomic mass is 16.2. The van der Waals surface area contributed by atoms with Crippen molar-refractivity contribution in [2.45, 2.75) is 20.3 Å². The Labute approximate surface area is 166 Å². The van der Waals surface area contributed by atoms with E-state index in [2.05, 4.69) is 42.4 Å². The highest BCUT2D eigenvalue weighted by molar-refractivity contribution is 5.81. The molecule has 0 unspecified atom stereocenters. The molecule has 0 radical (unpaired) electrons. The summed E-state index contributed by atoms with van der Waals surface area (Å²) in [7, 11) is 0. The van der Waals surface area contributed by atoms with Gasteiger partial charge in [0.15, 0.2) is 0 Å². The summed E-state index contributed by atoms with van der Waals surface area (Å²) in [6.07, 6.45) is 7.15. The maximum absolute atomic E-state index is 12.1. The number of nitrogens with one attached hydrogen (secondary N) is 1. The van der Waals surface area contributed by atoms with Crippen molar-refractivity contribution < 1.29 is 4.79 Å². The molecule has 4 heteroatoms. The van der Waals surface area contributed by atoms with Crippen LogP contribution in [0.2, 0.25) is 0 Å². The van der Waals surface area contributed by atoms with Crippen molar-refractivity contribution in [3.8, 4) is 17.2 Å². The molecule has 2 aliphatic rings. The number of rotatable bonds is 3. The number of carbonyl (C=O) groups excluding carboxylic acids is 1. The molecule has 0 bridgehead atoms. The van der Waals surface area contributed by atoms with Gasteiger partial charge in [0, 0.05) is 29.8 Å². The van der Waals surface area contributed by atoms with Gasteiger partial charge in [-0.05, 0) is 48.3 Å². The summed E-state index contributed by atoms with van der Waals surface area (Å²) in [6, 6.07) is 13.8. The third kappa shape index (κ3) is 3.33. The van der Waals surface area contributed by atoms with Crippen LogP contribution in [0.1, 0.15) is 31.5 Å². The van der Waals surface area contributed by atoms with Crippen molar-refractivity contribution in [3.63, 3.8) is 0 Å². The molecule has 2 aromatic rings. The number of amides is 1. The number of allylic oxidation sites excluding steroid dienone is 1. The van der Waals surface area contributed by atoms with Gasteiger partial charge in [-0.25, -0.2) is 0 Å². The molecule has 1 aliphatic heterocycles. The average molecular weight is 371 g/mol. The summed E-state index contributed by atoms with van der Waals surface area (Å²) < 4.78 is 0. The molecule has 1 aliphatic carbocycles. The van der Waals surface area contributed by atoms with E-state index in [9.17, 15) is 10.1 Å². The molecule has 2 heterocycles. The Hall–Kier alpha value is -2.93. The SMILES string of the molecule is C[C@H]1[C@H](/C=C/c2ccc(-c3ccccc3C#N)cn2)[C@H]2CNC(=O)[C@H]2C[C@@H]1C. The largest absolute Gasteiger partial charge is 0.356 e. The number of fused-ring (bicyclic) bond motifs is 1. The fraction of sp³-hybridized carbons (Fsp3) is 0.375. The standard InChI is InChI=1S/C24H25N3O/c1-15-11-22-23(14-27-24(22)28)20(16(15)2)10-9-19-8-7-18(13-26-19)21-6-4-3-5-17(21)12-25/h3-10,13,15-16,20,22-23H,11,14H2,1-2H3,(H,27,28)/b10-9+/t15-,16+,20-,22-,23+/m0/s1. The number of nitrogens with zero attached hydrogens (tertiary/aromatic N) is 2. The van der Waals surface area contributed by atoms with E-state index in [1.165, 1.54) is 0 Å². The summed E-state index contributed by atoms with van der Waals surface area (Å²) in [6.45, 7) is 5.34. The molecule has 1 N–H and O–H groups in total. The third-order valence-corrected chi connectivity index (χ3v) is 6.62. The fourth-order valence-corrected chi connectivity index (χ4v) is 4.78. The zero-order chi connectivity index (χ0) is 19.7. The van der Waals surface area contributed by atoms with Gasteiger partial charge in [0.1, 0.15) is 0 Å². The fourth-order valence-electron chi connectivity index (χ4n) is 4.78. The van der Waals surface area contributed by atoms with Gasteiger partial charge in [-0.15, -0.1) is 0 Å². The van der Waals surface area contributed by atoms with Gasteiger partial charge in [-0.1, -0.05) is 44.2 Å². The number of hydrogen-bond acceptors (Lipinski definition) is 3. The van der Waals surface area contributed by atoms with Crippen molar-refractivity contribution in [2.75, 3.05) is 6.54 Å². The Morgan fingerprint density at radius 3 is 2.79 bits per heavy atom. The lowest BCUT2D eigenvalue weighted by Crippen LogP contribution is -2.37. The number of aromatic nitrogens is 1. The van der Waals surface area contributed by atoms with E-state index in [1.54, 1.807) is 0 Å². The number of hydrogen-bond donors (Lipinski definition) is 1. The predicted molar refractivity (Wildman–Crippen MR) is 110 cm³/mol. The van der Waals surface area contributed by atoms with Crippen molar-refractivity contribution in [2.24, 2.45) is 29.6 Å². The van der Waals surface area contributed by atoms with E-state index in [0.717, 1.165) is 29.8 Å². The van der Waals surface area contributed by atoms with Crippen molar-refractivity contribution >= 4 is 12.0 Å². The third-order valence-electron chi connectivity index (χ3n) is 6.62. The molecular weight excluding hydrogens is 346 g/mol. The molecule has 1 saturated heterocycles. The maximum atomic E-state index is 12.1. The second-order valence-electron chi connectivity index (χ2n) is 8.15. The zero-order valence-electron chi connectivity index (χ0n) is 16.3. The Morgan fingerprint density at radius 1 is 1.21 bits per heavy atom. The summed E-state index contributed by atoms with van der Waals surface area (Å²) >= 11 is 0. The van der Waals surface area contributed by atoms with Crippen LogP contribution in [0.5, 0.6) is 0 Å². The van der Waals surface area contributed by atoms with Gasteiger partial charge in [0.2, 0.25) is 5.91 Å². The lowest BCUT2D eigenvalue weighted by molar-refractivity contribution is -0.124. The minimum Gasteiger partial charge on any atom is -0.356 e. The number of pyridine rings is 1. The maximum Gasteiger partial charge on any atom is 0.223 e. The molecule has 1 saturated carbocycles. The van der Waals surface area contributed by atoms with Gasteiger partial charge in [-0.2, -0.15) is 5.26 Å². The van der Waals surface area contributed by atoms with Crippen LogP contribution in [0.25, 0.3) is 17.2 Å². The van der Waals surface area contributed by atoms with Gasteiger partial charge in [-0.3, -0.25) is 9.78 Å². The van der Waals surface area contributed by atoms with E-state index in [1.807, 2.05) is 42.6 Å². The Bertz CT molecular complexity index is 941. The molecule has 4 nitrogen and oxygen atoms in total. The van der Waals surface area contributed by atoms with Crippen molar-refractivity contribution in [3.05, 3.63) is 59.9 Å². The van der Waals surface area contributed by atoms with Crippen LogP contribution in [-0.2, 0) is 4.79 Å². The monoisotopic (exact) mass is 371 g/mol. The van der Waals surface area contributed by atoms with E-state index >= 15 is 0 Å². The molecule has 1 aromatic heterocycles. The lowest BCUT2D eigenvalue weighted by atomic mass is 9.64. The molecule has 28 heavy (non-hydrogen) atoms. The first-order valence-corrected chi connectivity index (χ1v) is 10.00. The van der Waals surface area contributed by atoms with Crippen LogP contribution < -0.4 is 5.32 Å². The first-order valence-electron chi connectivity index (χ1n) is 10.00. The van der Waals surface area contributed by atoms with Crippen LogP contribution in [0.4, 0.5) is 0 Å². The smallest absolute Gasteiger partial charge is 0.223 e. The predicted octanol–water partition coefficient (Wildman–Crippen LogP) is 4.29. The number of carbonyl (C=O) groups is 1. The molecule has 4 rings (SSSR count). The number of nitriles is 1. The summed E-state index contributed by atoms with van der Waals surface area (Å²) in [5, 5.41) is 12.3. The minimum absolute atomic E-state index is 0.152. The molecule has 142 valence electrons. The van der Waals surface area contributed by atoms with Crippen LogP contribution in [0.15, 0.2) is 48.7 Å². The van der Waals surface area contributed by atoms with Crippen LogP contribution in [0, 0.1) is 40.9 Å². The Morgan fingerprint density at radius 2 is 2.04 bits per heavy atom. The molecule has 1 amide bonds. The summed E-state index contributed by atoms with van der Waals surface area (Å²) in [5.74, 6) is 2.23. The normalized spacial score (nSPS) is 29.3. The highest BCUT2D eigenvalue weighted by Gasteiger charge is 2.46. The summed E-state index contributed by atoms with van der Waals surface area (Å²) in [4.78, 5) is 16.7. The van der Waals surface area contributed by atoms with Gasteiger partial charge < -0.3 is 5.32 Å². The topological polar surface area (TPSA) is 65.8 Å². The molecule has 2 fully saturated rings. The van der Waals surface area contributed by atoms with Crippen molar-refractivity contribution in [1.82, 2.24) is 10.3 Å². The van der Waals surface area contributed by atoms with E-state index in [4.69, 9.17) is 0 Å². The average Bonchev–Trinajstić information content (AvgIpc) is 3.09. The first-order chi connectivity index (χ1) is 13.6. The Kier molecular flexibility index (Phi) is 5.00. The van der Waals surface area contributed by atoms with E-state index in [0.29, 0.717) is 29.2 Å². The quantitative estimate of drug-likeness (QED) is 0.875. The lowest BCUT2D eigenvalue weighted by Gasteiger charge is -2.39.